The van der Waals surface area contributed by atoms with Crippen molar-refractivity contribution in [3.05, 3.63) is 29.3 Å². The zero-order chi connectivity index (χ0) is 14.6. The molecular formula is C14H22N2O2S2. The normalized spacial score (nSPS) is 17.3. The Morgan fingerprint density at radius 1 is 1.30 bits per heavy atom. The van der Waals surface area contributed by atoms with Crippen LogP contribution in [-0.2, 0) is 16.6 Å². The van der Waals surface area contributed by atoms with Gasteiger partial charge in [0.25, 0.3) is 0 Å². The summed E-state index contributed by atoms with van der Waals surface area (Å²) < 4.78 is 27.1. The second-order valence-electron chi connectivity index (χ2n) is 4.90. The van der Waals surface area contributed by atoms with Crippen molar-refractivity contribution in [2.75, 3.05) is 31.1 Å². The van der Waals surface area contributed by atoms with Gasteiger partial charge in [-0.3, -0.25) is 0 Å². The lowest BCUT2D eigenvalue weighted by atomic mass is 10.1. The first kappa shape index (κ1) is 15.8. The van der Waals surface area contributed by atoms with E-state index in [1.54, 1.807) is 4.31 Å². The Labute approximate surface area is 126 Å². The Balaban J connectivity index is 2.29. The Bertz CT molecular complexity index is 552. The van der Waals surface area contributed by atoms with Crippen molar-refractivity contribution >= 4 is 21.8 Å². The maximum absolute atomic E-state index is 12.7. The van der Waals surface area contributed by atoms with Gasteiger partial charge >= 0.3 is 0 Å². The summed E-state index contributed by atoms with van der Waals surface area (Å²) in [6, 6.07) is 5.70. The van der Waals surface area contributed by atoms with Crippen LogP contribution in [0.2, 0.25) is 0 Å². The van der Waals surface area contributed by atoms with E-state index in [4.69, 9.17) is 0 Å². The quantitative estimate of drug-likeness (QED) is 0.901. The fourth-order valence-corrected chi connectivity index (χ4v) is 5.08. The van der Waals surface area contributed by atoms with Gasteiger partial charge in [-0.15, -0.1) is 0 Å². The highest BCUT2D eigenvalue weighted by molar-refractivity contribution is 7.99. The van der Waals surface area contributed by atoms with Crippen LogP contribution in [0.5, 0.6) is 0 Å². The van der Waals surface area contributed by atoms with Crippen LogP contribution < -0.4 is 5.32 Å². The van der Waals surface area contributed by atoms with E-state index < -0.39 is 10.0 Å². The second-order valence-corrected chi connectivity index (χ2v) is 8.03. The number of rotatable bonds is 5. The van der Waals surface area contributed by atoms with Crippen LogP contribution in [0, 0.1) is 6.92 Å². The molecule has 0 bridgehead atoms. The molecule has 1 N–H and O–H groups in total. The summed E-state index contributed by atoms with van der Waals surface area (Å²) in [5.41, 5.74) is 1.84. The van der Waals surface area contributed by atoms with Gasteiger partial charge in [0.15, 0.2) is 0 Å². The molecule has 1 aromatic carbocycles. The van der Waals surface area contributed by atoms with Gasteiger partial charge in [0, 0.05) is 31.1 Å². The van der Waals surface area contributed by atoms with Crippen LogP contribution in [0.3, 0.4) is 0 Å². The molecule has 112 valence electrons. The molecule has 1 aliphatic rings. The van der Waals surface area contributed by atoms with E-state index in [1.165, 1.54) is 0 Å². The zero-order valence-corrected chi connectivity index (χ0v) is 13.7. The summed E-state index contributed by atoms with van der Waals surface area (Å²) in [5.74, 6) is 1.77. The van der Waals surface area contributed by atoms with E-state index in [9.17, 15) is 8.42 Å². The minimum Gasteiger partial charge on any atom is -0.313 e. The molecule has 1 heterocycles. The first-order chi connectivity index (χ1) is 9.55. The first-order valence-corrected chi connectivity index (χ1v) is 9.53. The second kappa shape index (κ2) is 6.93. The average molecular weight is 314 g/mol. The van der Waals surface area contributed by atoms with E-state index in [0.717, 1.165) is 29.2 Å². The summed E-state index contributed by atoms with van der Waals surface area (Å²) in [6.07, 6.45) is 0. The lowest BCUT2D eigenvalue weighted by Gasteiger charge is -2.26. The summed E-state index contributed by atoms with van der Waals surface area (Å²) >= 11 is 1.81. The molecule has 6 heteroatoms. The average Bonchev–Trinajstić information content (AvgIpc) is 2.47. The van der Waals surface area contributed by atoms with E-state index in [2.05, 4.69) is 5.32 Å². The fourth-order valence-electron chi connectivity index (χ4n) is 2.23. The maximum atomic E-state index is 12.7. The third-order valence-electron chi connectivity index (χ3n) is 3.42. The van der Waals surface area contributed by atoms with Crippen LogP contribution in [0.15, 0.2) is 23.1 Å². The molecule has 0 radical (unpaired) electrons. The number of thioether (sulfide) groups is 1. The number of nitrogens with zero attached hydrogens (tertiary/aromatic N) is 1. The molecule has 1 aromatic rings. The Morgan fingerprint density at radius 3 is 2.65 bits per heavy atom. The highest BCUT2D eigenvalue weighted by Gasteiger charge is 2.27. The van der Waals surface area contributed by atoms with Crippen LogP contribution in [0.25, 0.3) is 0 Å². The molecule has 0 saturated carbocycles. The predicted octanol–water partition coefficient (Wildman–Crippen LogP) is 1.84. The highest BCUT2D eigenvalue weighted by atomic mass is 32.2. The molecule has 0 aromatic heterocycles. The zero-order valence-electron chi connectivity index (χ0n) is 12.1. The van der Waals surface area contributed by atoms with Gasteiger partial charge in [-0.2, -0.15) is 16.1 Å². The number of sulfonamides is 1. The monoisotopic (exact) mass is 314 g/mol. The van der Waals surface area contributed by atoms with Gasteiger partial charge in [-0.1, -0.05) is 19.1 Å². The van der Waals surface area contributed by atoms with Crippen molar-refractivity contribution in [2.45, 2.75) is 25.3 Å². The van der Waals surface area contributed by atoms with Gasteiger partial charge in [-0.25, -0.2) is 8.42 Å². The Hall–Kier alpha value is -0.560. The molecular weight excluding hydrogens is 292 g/mol. The molecule has 0 aliphatic carbocycles. The van der Waals surface area contributed by atoms with Crippen LogP contribution in [0.4, 0.5) is 0 Å². The van der Waals surface area contributed by atoms with Crippen LogP contribution in [-0.4, -0.2) is 43.9 Å². The lowest BCUT2D eigenvalue weighted by molar-refractivity contribution is 0.443. The first-order valence-electron chi connectivity index (χ1n) is 6.94. The van der Waals surface area contributed by atoms with E-state index in [-0.39, 0.29) is 0 Å². The summed E-state index contributed by atoms with van der Waals surface area (Å²) in [4.78, 5) is 0.458. The number of hydrogen-bond acceptors (Lipinski definition) is 4. The lowest BCUT2D eigenvalue weighted by Crippen LogP contribution is -2.38. The number of hydrogen-bond donors (Lipinski definition) is 1. The molecule has 0 spiro atoms. The minimum absolute atomic E-state index is 0.458. The van der Waals surface area contributed by atoms with Crippen LogP contribution >= 0.6 is 11.8 Å². The fraction of sp³-hybridized carbons (Fsp3) is 0.571. The Kier molecular flexibility index (Phi) is 5.49. The van der Waals surface area contributed by atoms with Gasteiger partial charge < -0.3 is 5.32 Å². The van der Waals surface area contributed by atoms with Crippen molar-refractivity contribution in [3.8, 4) is 0 Å². The Morgan fingerprint density at radius 2 is 2.00 bits per heavy atom. The van der Waals surface area contributed by atoms with Gasteiger partial charge in [0.05, 0.1) is 4.90 Å². The summed E-state index contributed by atoms with van der Waals surface area (Å²) in [6.45, 7) is 6.71. The van der Waals surface area contributed by atoms with E-state index >= 15 is 0 Å². The molecule has 1 saturated heterocycles. The number of benzene rings is 1. The number of aryl methyl sites for hydroxylation is 1. The smallest absolute Gasteiger partial charge is 0.243 e. The van der Waals surface area contributed by atoms with Crippen molar-refractivity contribution in [1.29, 1.82) is 0 Å². The van der Waals surface area contributed by atoms with Crippen molar-refractivity contribution in [1.82, 2.24) is 9.62 Å². The van der Waals surface area contributed by atoms with Crippen molar-refractivity contribution in [2.24, 2.45) is 0 Å². The highest BCUT2D eigenvalue weighted by Crippen LogP contribution is 2.24. The topological polar surface area (TPSA) is 49.4 Å². The molecule has 1 fully saturated rings. The molecule has 0 atom stereocenters. The third-order valence-corrected chi connectivity index (χ3v) is 6.40. The number of nitrogens with one attached hydrogen (secondary N) is 1. The maximum Gasteiger partial charge on any atom is 0.243 e. The third kappa shape index (κ3) is 3.55. The SMILES string of the molecule is CCNCc1ccc(C)c(S(=O)(=O)N2CCSCC2)c1. The molecule has 2 rings (SSSR count). The summed E-state index contributed by atoms with van der Waals surface area (Å²) in [5, 5.41) is 3.23. The molecule has 20 heavy (non-hydrogen) atoms. The minimum atomic E-state index is -3.35. The molecule has 0 unspecified atom stereocenters. The van der Waals surface area contributed by atoms with Gasteiger partial charge in [0.2, 0.25) is 10.0 Å². The van der Waals surface area contributed by atoms with Gasteiger partial charge in [0.1, 0.15) is 0 Å². The van der Waals surface area contributed by atoms with Crippen molar-refractivity contribution in [3.63, 3.8) is 0 Å². The largest absolute Gasteiger partial charge is 0.313 e. The molecule has 4 nitrogen and oxygen atoms in total. The predicted molar refractivity (Wildman–Crippen MR) is 84.6 cm³/mol. The van der Waals surface area contributed by atoms with Crippen LogP contribution in [0.1, 0.15) is 18.1 Å². The van der Waals surface area contributed by atoms with E-state index in [1.807, 2.05) is 43.8 Å². The van der Waals surface area contributed by atoms with Crippen molar-refractivity contribution < 1.29 is 8.42 Å². The standard InChI is InChI=1S/C14H22N2O2S2/c1-3-15-11-13-5-4-12(2)14(10-13)20(17,18)16-6-8-19-9-7-16/h4-5,10,15H,3,6-9,11H2,1-2H3. The molecule has 1 aliphatic heterocycles. The van der Waals surface area contributed by atoms with E-state index in [0.29, 0.717) is 24.5 Å². The molecule has 0 amide bonds. The van der Waals surface area contributed by atoms with Gasteiger partial charge in [-0.05, 0) is 30.7 Å². The summed E-state index contributed by atoms with van der Waals surface area (Å²) in [7, 11) is -3.35.